The number of rotatable bonds is 3. The molecule has 0 saturated heterocycles. The highest BCUT2D eigenvalue weighted by molar-refractivity contribution is 7.10. The van der Waals surface area contributed by atoms with Crippen LogP contribution in [0.3, 0.4) is 0 Å². The zero-order chi connectivity index (χ0) is 18.3. The highest BCUT2D eigenvalue weighted by Gasteiger charge is 2.59. The molecule has 2 aromatic rings. The van der Waals surface area contributed by atoms with Crippen molar-refractivity contribution in [3.63, 3.8) is 0 Å². The van der Waals surface area contributed by atoms with E-state index in [9.17, 15) is 9.59 Å². The second-order valence-corrected chi connectivity index (χ2v) is 7.70. The van der Waals surface area contributed by atoms with E-state index in [1.54, 1.807) is 11.3 Å². The first-order valence-electron chi connectivity index (χ1n) is 8.65. The number of thiophene rings is 1. The normalized spacial score (nSPS) is 20.3. The maximum Gasteiger partial charge on any atom is 0.327 e. The van der Waals surface area contributed by atoms with Crippen LogP contribution >= 0.6 is 11.3 Å². The van der Waals surface area contributed by atoms with E-state index in [1.807, 2.05) is 29.6 Å². The molecule has 0 bridgehead atoms. The summed E-state index contributed by atoms with van der Waals surface area (Å²) < 4.78 is 10.2. The molecule has 2 aliphatic rings. The summed E-state index contributed by atoms with van der Waals surface area (Å²) in [6.45, 7) is 0. The SMILES string of the molecule is COC(=O)C1(C(=O)OC)CC(c2cccs2)C2=C1c1ccccc1CC2. The van der Waals surface area contributed by atoms with Crippen LogP contribution in [0.5, 0.6) is 0 Å². The van der Waals surface area contributed by atoms with Gasteiger partial charge in [0.25, 0.3) is 0 Å². The number of hydrogen-bond acceptors (Lipinski definition) is 5. The zero-order valence-electron chi connectivity index (χ0n) is 14.8. The van der Waals surface area contributed by atoms with Crippen LogP contribution in [0.1, 0.15) is 34.8 Å². The van der Waals surface area contributed by atoms with Crippen LogP contribution in [0.25, 0.3) is 5.57 Å². The molecule has 1 aromatic heterocycles. The largest absolute Gasteiger partial charge is 0.468 e. The molecule has 1 heterocycles. The van der Waals surface area contributed by atoms with Crippen LogP contribution in [0.4, 0.5) is 0 Å². The van der Waals surface area contributed by atoms with Gasteiger partial charge >= 0.3 is 11.9 Å². The minimum absolute atomic E-state index is 0.0385. The number of aryl methyl sites for hydroxylation is 1. The lowest BCUT2D eigenvalue weighted by Crippen LogP contribution is -2.41. The molecule has 26 heavy (non-hydrogen) atoms. The first-order valence-corrected chi connectivity index (χ1v) is 9.53. The summed E-state index contributed by atoms with van der Waals surface area (Å²) in [7, 11) is 2.67. The molecule has 4 nitrogen and oxygen atoms in total. The Hall–Kier alpha value is -2.40. The number of benzene rings is 1. The minimum atomic E-state index is -1.40. The van der Waals surface area contributed by atoms with Crippen molar-refractivity contribution >= 4 is 28.8 Å². The van der Waals surface area contributed by atoms with Gasteiger partial charge in [-0.25, -0.2) is 0 Å². The molecule has 0 spiro atoms. The van der Waals surface area contributed by atoms with Crippen molar-refractivity contribution in [2.24, 2.45) is 5.41 Å². The fourth-order valence-electron chi connectivity index (χ4n) is 4.50. The van der Waals surface area contributed by atoms with Gasteiger partial charge in [0.2, 0.25) is 0 Å². The maximum absolute atomic E-state index is 13.0. The molecule has 4 rings (SSSR count). The van der Waals surface area contributed by atoms with Crippen LogP contribution in [0.2, 0.25) is 0 Å². The quantitative estimate of drug-likeness (QED) is 0.608. The lowest BCUT2D eigenvalue weighted by Gasteiger charge is -2.30. The summed E-state index contributed by atoms with van der Waals surface area (Å²) in [6, 6.07) is 12.1. The van der Waals surface area contributed by atoms with Crippen LogP contribution in [0, 0.1) is 5.41 Å². The van der Waals surface area contributed by atoms with E-state index in [1.165, 1.54) is 24.7 Å². The van der Waals surface area contributed by atoms with E-state index in [-0.39, 0.29) is 5.92 Å². The van der Waals surface area contributed by atoms with Crippen LogP contribution < -0.4 is 0 Å². The molecule has 0 N–H and O–H groups in total. The molecule has 0 aliphatic heterocycles. The number of allylic oxidation sites excluding steroid dienone is 1. The number of ether oxygens (including phenoxy) is 2. The summed E-state index contributed by atoms with van der Waals surface area (Å²) in [5, 5.41) is 2.03. The van der Waals surface area contributed by atoms with E-state index in [0.717, 1.165) is 29.5 Å². The van der Waals surface area contributed by atoms with Crippen molar-refractivity contribution in [3.8, 4) is 0 Å². The Morgan fingerprint density at radius 1 is 1.04 bits per heavy atom. The molecule has 134 valence electrons. The molecule has 0 saturated carbocycles. The van der Waals surface area contributed by atoms with Crippen LogP contribution in [-0.2, 0) is 25.5 Å². The third-order valence-corrected chi connectivity index (χ3v) is 6.57. The molecule has 0 amide bonds. The predicted molar refractivity (Wildman–Crippen MR) is 99.8 cm³/mol. The highest BCUT2D eigenvalue weighted by Crippen LogP contribution is 2.59. The van der Waals surface area contributed by atoms with Gasteiger partial charge in [-0.15, -0.1) is 11.3 Å². The van der Waals surface area contributed by atoms with E-state index in [0.29, 0.717) is 6.42 Å². The summed E-state index contributed by atoms with van der Waals surface area (Å²) in [6.07, 6.45) is 2.12. The summed E-state index contributed by atoms with van der Waals surface area (Å²) >= 11 is 1.66. The van der Waals surface area contributed by atoms with Gasteiger partial charge in [0.1, 0.15) is 0 Å². The van der Waals surface area contributed by atoms with E-state index in [2.05, 4.69) is 12.1 Å². The average Bonchev–Trinajstić information content (AvgIpc) is 3.33. The number of carbonyl (C=O) groups is 2. The Labute approximate surface area is 156 Å². The average molecular weight is 368 g/mol. The second-order valence-electron chi connectivity index (χ2n) is 6.72. The number of methoxy groups -OCH3 is 2. The Morgan fingerprint density at radius 3 is 2.42 bits per heavy atom. The van der Waals surface area contributed by atoms with E-state index >= 15 is 0 Å². The highest BCUT2D eigenvalue weighted by atomic mass is 32.1. The van der Waals surface area contributed by atoms with Gasteiger partial charge in [0, 0.05) is 10.8 Å². The lowest BCUT2D eigenvalue weighted by molar-refractivity contribution is -0.164. The summed E-state index contributed by atoms with van der Waals surface area (Å²) in [5.74, 6) is -1.03. The summed E-state index contributed by atoms with van der Waals surface area (Å²) in [5.41, 5.74) is 2.71. The van der Waals surface area contributed by atoms with Gasteiger partial charge in [-0.2, -0.15) is 0 Å². The maximum atomic E-state index is 13.0. The van der Waals surface area contributed by atoms with Gasteiger partial charge < -0.3 is 9.47 Å². The molecule has 0 fully saturated rings. The third kappa shape index (κ3) is 2.27. The van der Waals surface area contributed by atoms with Crippen molar-refractivity contribution in [1.82, 2.24) is 0 Å². The first kappa shape index (κ1) is 17.0. The monoisotopic (exact) mass is 368 g/mol. The van der Waals surface area contributed by atoms with Gasteiger partial charge in [-0.3, -0.25) is 9.59 Å². The number of fused-ring (bicyclic) bond motifs is 2. The molecule has 2 aliphatic carbocycles. The lowest BCUT2D eigenvalue weighted by atomic mass is 9.74. The van der Waals surface area contributed by atoms with Crippen molar-refractivity contribution in [3.05, 3.63) is 63.4 Å². The molecule has 0 radical (unpaired) electrons. The Kier molecular flexibility index (Phi) is 4.19. The first-order chi connectivity index (χ1) is 12.6. The molecule has 1 aromatic carbocycles. The van der Waals surface area contributed by atoms with Crippen LogP contribution in [-0.4, -0.2) is 26.2 Å². The smallest absolute Gasteiger partial charge is 0.327 e. The Balaban J connectivity index is 2.00. The van der Waals surface area contributed by atoms with Crippen molar-refractivity contribution < 1.29 is 19.1 Å². The van der Waals surface area contributed by atoms with Crippen molar-refractivity contribution in [2.75, 3.05) is 14.2 Å². The minimum Gasteiger partial charge on any atom is -0.468 e. The number of esters is 2. The molecule has 1 atom stereocenters. The van der Waals surface area contributed by atoms with Gasteiger partial charge in [-0.05, 0) is 47.4 Å². The van der Waals surface area contributed by atoms with E-state index < -0.39 is 17.4 Å². The molecular formula is C21H20O4S. The molecule has 5 heteroatoms. The summed E-state index contributed by atoms with van der Waals surface area (Å²) in [4.78, 5) is 27.1. The Morgan fingerprint density at radius 2 is 1.77 bits per heavy atom. The van der Waals surface area contributed by atoms with Gasteiger partial charge in [0.05, 0.1) is 14.2 Å². The molecular weight excluding hydrogens is 348 g/mol. The Bertz CT molecular complexity index is 878. The van der Waals surface area contributed by atoms with Crippen LogP contribution in [0.15, 0.2) is 47.4 Å². The number of hydrogen-bond donors (Lipinski definition) is 0. The van der Waals surface area contributed by atoms with Crippen molar-refractivity contribution in [1.29, 1.82) is 0 Å². The third-order valence-electron chi connectivity index (χ3n) is 5.58. The molecule has 1 unspecified atom stereocenters. The fraction of sp³-hybridized carbons (Fsp3) is 0.333. The fourth-order valence-corrected chi connectivity index (χ4v) is 5.36. The van der Waals surface area contributed by atoms with E-state index in [4.69, 9.17) is 9.47 Å². The second kappa shape index (κ2) is 6.40. The van der Waals surface area contributed by atoms with Gasteiger partial charge in [0.15, 0.2) is 5.41 Å². The standard InChI is InChI=1S/C21H20O4S/c1-24-19(22)21(20(23)25-2)12-16(17-8-5-11-26-17)15-10-9-13-6-3-4-7-14(13)18(15)21/h3-8,11,16H,9-10,12H2,1-2H3. The number of carbonyl (C=O) groups excluding carboxylic acids is 2. The topological polar surface area (TPSA) is 52.6 Å². The van der Waals surface area contributed by atoms with Gasteiger partial charge in [-0.1, -0.05) is 35.9 Å². The predicted octanol–water partition coefficient (Wildman–Crippen LogP) is 3.97. The zero-order valence-corrected chi connectivity index (χ0v) is 15.6. The van der Waals surface area contributed by atoms with Crippen molar-refractivity contribution in [2.45, 2.75) is 25.2 Å².